The first-order valence-corrected chi connectivity index (χ1v) is 10.5. The van der Waals surface area contributed by atoms with Crippen molar-refractivity contribution in [3.8, 4) is 11.5 Å². The van der Waals surface area contributed by atoms with E-state index in [4.69, 9.17) is 14.2 Å². The smallest absolute Gasteiger partial charge is 0.229 e. The van der Waals surface area contributed by atoms with E-state index in [1.165, 1.54) is 0 Å². The number of aliphatic hydroxyl groups excluding tert-OH is 4. The minimum Gasteiger partial charge on any atom is -0.497 e. The van der Waals surface area contributed by atoms with Crippen LogP contribution >= 0.6 is 0 Å². The highest BCUT2D eigenvalue weighted by Crippen LogP contribution is 2.33. The lowest BCUT2D eigenvalue weighted by Crippen LogP contribution is -2.60. The van der Waals surface area contributed by atoms with Crippen LogP contribution in [0, 0.1) is 6.92 Å². The fraction of sp³-hybridized carbons (Fsp3) is 0.435. The number of hydrogen-bond acceptors (Lipinski definition) is 8. The second kappa shape index (κ2) is 9.43. The molecule has 3 aromatic rings. The zero-order chi connectivity index (χ0) is 22.8. The molecule has 0 spiro atoms. The van der Waals surface area contributed by atoms with Crippen molar-refractivity contribution in [1.82, 2.24) is 10.2 Å². The highest BCUT2D eigenvalue weighted by Gasteiger charge is 2.44. The summed E-state index contributed by atoms with van der Waals surface area (Å²) in [5.41, 5.74) is 3.59. The van der Waals surface area contributed by atoms with Crippen molar-refractivity contribution < 1.29 is 34.6 Å². The number of hydrogen-bond donors (Lipinski definition) is 5. The number of benzene rings is 2. The van der Waals surface area contributed by atoms with Crippen molar-refractivity contribution in [2.45, 2.75) is 50.5 Å². The Morgan fingerprint density at radius 3 is 2.47 bits per heavy atom. The first-order chi connectivity index (χ1) is 15.4. The number of fused-ring (bicyclic) bond motifs is 1. The van der Waals surface area contributed by atoms with Crippen LogP contribution in [-0.4, -0.2) is 75.0 Å². The van der Waals surface area contributed by atoms with Gasteiger partial charge in [0.1, 0.15) is 35.9 Å². The number of aliphatic hydroxyl groups is 4. The second-order valence-corrected chi connectivity index (χ2v) is 8.02. The van der Waals surface area contributed by atoms with E-state index in [0.717, 1.165) is 34.4 Å². The summed E-state index contributed by atoms with van der Waals surface area (Å²) < 4.78 is 16.7. The van der Waals surface area contributed by atoms with Crippen molar-refractivity contribution in [3.63, 3.8) is 0 Å². The van der Waals surface area contributed by atoms with Gasteiger partial charge in [0.2, 0.25) is 6.29 Å². The van der Waals surface area contributed by atoms with Crippen LogP contribution in [0.1, 0.15) is 16.8 Å². The van der Waals surface area contributed by atoms with Crippen molar-refractivity contribution in [2.75, 3.05) is 13.7 Å². The molecule has 5 atom stereocenters. The third-order valence-electron chi connectivity index (χ3n) is 5.75. The molecule has 0 aliphatic carbocycles. The Balaban J connectivity index is 1.59. The predicted molar refractivity (Wildman–Crippen MR) is 116 cm³/mol. The standard InChI is InChI=1S/C23H28N2O7/c1-12-9-16-19(15(24-25-16)8-5-13-3-6-14(30-2)7-4-13)17(10-12)31-23-22(29)21(28)20(27)18(11-26)32-23/h3-4,6-7,9-10,18,20-23,26-29H,5,8,11H2,1-2H3,(H,24,25). The summed E-state index contributed by atoms with van der Waals surface area (Å²) in [4.78, 5) is 0. The van der Waals surface area contributed by atoms with Gasteiger partial charge in [0, 0.05) is 5.69 Å². The Morgan fingerprint density at radius 2 is 1.78 bits per heavy atom. The first kappa shape index (κ1) is 22.5. The largest absolute Gasteiger partial charge is 0.497 e. The van der Waals surface area contributed by atoms with Crippen LogP contribution in [0.15, 0.2) is 36.4 Å². The summed E-state index contributed by atoms with van der Waals surface area (Å²) in [6.07, 6.45) is -5.33. The summed E-state index contributed by atoms with van der Waals surface area (Å²) in [6, 6.07) is 11.6. The van der Waals surface area contributed by atoms with Gasteiger partial charge in [-0.05, 0) is 55.2 Å². The molecule has 9 nitrogen and oxygen atoms in total. The van der Waals surface area contributed by atoms with Crippen molar-refractivity contribution in [3.05, 3.63) is 53.2 Å². The lowest BCUT2D eigenvalue weighted by molar-refractivity contribution is -0.277. The molecule has 5 N–H and O–H groups in total. The van der Waals surface area contributed by atoms with Gasteiger partial charge in [-0.15, -0.1) is 0 Å². The van der Waals surface area contributed by atoms with Crippen molar-refractivity contribution >= 4 is 10.9 Å². The number of methoxy groups -OCH3 is 1. The lowest BCUT2D eigenvalue weighted by Gasteiger charge is -2.39. The second-order valence-electron chi connectivity index (χ2n) is 8.02. The predicted octanol–water partition coefficient (Wildman–Crippen LogP) is 0.844. The average Bonchev–Trinajstić information content (AvgIpc) is 3.21. The SMILES string of the molecule is COc1ccc(CCc2[nH]nc3cc(C)cc(OC4OC(CO)C(O)C(O)C4O)c23)cc1. The molecule has 1 aliphatic rings. The summed E-state index contributed by atoms with van der Waals surface area (Å²) in [6.45, 7) is 1.37. The van der Waals surface area contributed by atoms with E-state index < -0.39 is 37.3 Å². The van der Waals surface area contributed by atoms with Gasteiger partial charge < -0.3 is 34.6 Å². The summed E-state index contributed by atoms with van der Waals surface area (Å²) >= 11 is 0. The molecule has 4 rings (SSSR count). The minimum atomic E-state index is -1.51. The van der Waals surface area contributed by atoms with E-state index in [2.05, 4.69) is 10.2 Å². The van der Waals surface area contributed by atoms with Gasteiger partial charge in [0.15, 0.2) is 0 Å². The molecule has 5 unspecified atom stereocenters. The van der Waals surface area contributed by atoms with Crippen LogP contribution in [0.25, 0.3) is 10.9 Å². The summed E-state index contributed by atoms with van der Waals surface area (Å²) in [7, 11) is 1.63. The van der Waals surface area contributed by atoms with Crippen LogP contribution in [0.3, 0.4) is 0 Å². The minimum absolute atomic E-state index is 0.433. The van der Waals surface area contributed by atoms with E-state index >= 15 is 0 Å². The molecule has 0 bridgehead atoms. The van der Waals surface area contributed by atoms with Gasteiger partial charge in [0.05, 0.1) is 24.6 Å². The summed E-state index contributed by atoms with van der Waals surface area (Å²) in [5.74, 6) is 1.23. The first-order valence-electron chi connectivity index (χ1n) is 10.5. The molecule has 2 heterocycles. The Bertz CT molecular complexity index is 1050. The van der Waals surface area contributed by atoms with Gasteiger partial charge in [-0.2, -0.15) is 5.10 Å². The van der Waals surface area contributed by atoms with Crippen LogP contribution in [-0.2, 0) is 17.6 Å². The van der Waals surface area contributed by atoms with Crippen LogP contribution in [0.5, 0.6) is 11.5 Å². The zero-order valence-electron chi connectivity index (χ0n) is 17.9. The number of ether oxygens (including phenoxy) is 3. The lowest BCUT2D eigenvalue weighted by atomic mass is 9.99. The highest BCUT2D eigenvalue weighted by atomic mass is 16.7. The van der Waals surface area contributed by atoms with E-state index in [-0.39, 0.29) is 0 Å². The molecule has 172 valence electrons. The monoisotopic (exact) mass is 444 g/mol. The molecule has 0 amide bonds. The number of aryl methyl sites for hydroxylation is 3. The van der Waals surface area contributed by atoms with Gasteiger partial charge >= 0.3 is 0 Å². The Hall–Kier alpha value is -2.69. The van der Waals surface area contributed by atoms with Gasteiger partial charge in [-0.1, -0.05) is 12.1 Å². The average molecular weight is 444 g/mol. The summed E-state index contributed by atoms with van der Waals surface area (Å²) in [5, 5.41) is 48.1. The Labute approximate surface area is 185 Å². The molecule has 0 saturated carbocycles. The van der Waals surface area contributed by atoms with E-state index in [1.54, 1.807) is 13.2 Å². The number of H-pyrrole nitrogens is 1. The number of rotatable bonds is 7. The van der Waals surface area contributed by atoms with E-state index in [9.17, 15) is 20.4 Å². The zero-order valence-corrected chi connectivity index (χ0v) is 17.9. The van der Waals surface area contributed by atoms with Gasteiger partial charge in [0.25, 0.3) is 0 Å². The number of nitrogens with zero attached hydrogens (tertiary/aromatic N) is 1. The fourth-order valence-electron chi connectivity index (χ4n) is 3.94. The maximum absolute atomic E-state index is 10.4. The van der Waals surface area contributed by atoms with Crippen LogP contribution in [0.2, 0.25) is 0 Å². The molecule has 9 heteroatoms. The third-order valence-corrected chi connectivity index (χ3v) is 5.75. The molecule has 1 aliphatic heterocycles. The third kappa shape index (κ3) is 4.43. The Kier molecular flexibility index (Phi) is 6.63. The van der Waals surface area contributed by atoms with Crippen molar-refractivity contribution in [1.29, 1.82) is 0 Å². The highest BCUT2D eigenvalue weighted by molar-refractivity contribution is 5.88. The maximum atomic E-state index is 10.4. The normalized spacial score (nSPS) is 25.8. The molecule has 2 aromatic carbocycles. The van der Waals surface area contributed by atoms with Crippen LogP contribution in [0.4, 0.5) is 0 Å². The molecular formula is C23H28N2O7. The number of nitrogens with one attached hydrogen (secondary N) is 1. The van der Waals surface area contributed by atoms with E-state index in [1.807, 2.05) is 37.3 Å². The molecule has 1 fully saturated rings. The Morgan fingerprint density at radius 1 is 1.03 bits per heavy atom. The van der Waals surface area contributed by atoms with Crippen LogP contribution < -0.4 is 9.47 Å². The molecule has 1 aromatic heterocycles. The van der Waals surface area contributed by atoms with Gasteiger partial charge in [-0.3, -0.25) is 5.10 Å². The molecule has 0 radical (unpaired) electrons. The van der Waals surface area contributed by atoms with E-state index in [0.29, 0.717) is 17.7 Å². The number of aromatic amines is 1. The maximum Gasteiger partial charge on any atom is 0.229 e. The fourth-order valence-corrected chi connectivity index (χ4v) is 3.94. The molecular weight excluding hydrogens is 416 g/mol. The van der Waals surface area contributed by atoms with Gasteiger partial charge in [-0.25, -0.2) is 0 Å². The van der Waals surface area contributed by atoms with Crippen molar-refractivity contribution in [2.24, 2.45) is 0 Å². The molecule has 32 heavy (non-hydrogen) atoms. The molecule has 1 saturated heterocycles. The topological polar surface area (TPSA) is 137 Å². The quantitative estimate of drug-likeness (QED) is 0.362. The number of aromatic nitrogens is 2.